The molecule has 0 aliphatic carbocycles. The molecule has 122 valence electrons. The van der Waals surface area contributed by atoms with Crippen LogP contribution in [0.3, 0.4) is 0 Å². The highest BCUT2D eigenvalue weighted by Gasteiger charge is 2.18. The lowest BCUT2D eigenvalue weighted by atomic mass is 10.1. The Hall–Kier alpha value is -2.63. The zero-order chi connectivity index (χ0) is 16.7. The summed E-state index contributed by atoms with van der Waals surface area (Å²) >= 11 is 0. The number of esters is 2. The second-order valence-corrected chi connectivity index (χ2v) is 5.09. The molecule has 1 aromatic heterocycles. The fourth-order valence-electron chi connectivity index (χ4n) is 2.22. The number of carbonyl (C=O) groups is 2. The van der Waals surface area contributed by atoms with Crippen LogP contribution in [0.1, 0.15) is 41.9 Å². The molecule has 2 aromatic rings. The zero-order valence-corrected chi connectivity index (χ0v) is 13.3. The van der Waals surface area contributed by atoms with Crippen molar-refractivity contribution >= 4 is 11.9 Å². The molecule has 0 bridgehead atoms. The highest BCUT2D eigenvalue weighted by Crippen LogP contribution is 2.19. The van der Waals surface area contributed by atoms with E-state index in [0.717, 1.165) is 5.56 Å². The standard InChI is InChI=1S/C17H20N2O4/c1-13(14-7-4-3-5-8-14)19-12-18-11-15(19)17(21)23-10-6-9-16(20)22-2/h3-5,7-8,11-13H,6,9-10H2,1-2H3/t13-/m1/s1. The second kappa shape index (κ2) is 8.12. The molecule has 0 unspecified atom stereocenters. The summed E-state index contributed by atoms with van der Waals surface area (Å²) in [4.78, 5) is 27.2. The van der Waals surface area contributed by atoms with Crippen LogP contribution in [0.5, 0.6) is 0 Å². The van der Waals surface area contributed by atoms with E-state index in [1.165, 1.54) is 13.3 Å². The number of carbonyl (C=O) groups excluding carboxylic acids is 2. The number of benzene rings is 1. The maximum atomic E-state index is 12.2. The molecule has 1 aromatic carbocycles. The van der Waals surface area contributed by atoms with Crippen molar-refractivity contribution < 1.29 is 19.1 Å². The number of rotatable bonds is 7. The van der Waals surface area contributed by atoms with Gasteiger partial charge < -0.3 is 14.0 Å². The van der Waals surface area contributed by atoms with E-state index in [4.69, 9.17) is 4.74 Å². The third kappa shape index (κ3) is 4.42. The van der Waals surface area contributed by atoms with Crippen molar-refractivity contribution in [2.45, 2.75) is 25.8 Å². The lowest BCUT2D eigenvalue weighted by Crippen LogP contribution is -2.16. The van der Waals surface area contributed by atoms with Crippen LogP contribution >= 0.6 is 0 Å². The van der Waals surface area contributed by atoms with Crippen LogP contribution in [0.25, 0.3) is 0 Å². The molecule has 0 saturated carbocycles. The van der Waals surface area contributed by atoms with Crippen molar-refractivity contribution in [3.63, 3.8) is 0 Å². The maximum Gasteiger partial charge on any atom is 0.356 e. The first-order chi connectivity index (χ1) is 11.1. The van der Waals surface area contributed by atoms with Gasteiger partial charge in [-0.3, -0.25) is 4.79 Å². The molecule has 1 heterocycles. The Balaban J connectivity index is 1.97. The quantitative estimate of drug-likeness (QED) is 0.580. The molecular weight excluding hydrogens is 296 g/mol. The molecule has 0 aliphatic rings. The Morgan fingerprint density at radius 3 is 2.70 bits per heavy atom. The smallest absolute Gasteiger partial charge is 0.356 e. The number of hydrogen-bond acceptors (Lipinski definition) is 5. The lowest BCUT2D eigenvalue weighted by Gasteiger charge is -2.16. The van der Waals surface area contributed by atoms with E-state index in [2.05, 4.69) is 9.72 Å². The third-order valence-electron chi connectivity index (χ3n) is 3.56. The molecule has 0 aliphatic heterocycles. The van der Waals surface area contributed by atoms with Crippen molar-refractivity contribution in [3.05, 3.63) is 54.1 Å². The van der Waals surface area contributed by atoms with Crippen LogP contribution < -0.4 is 0 Å². The molecule has 0 N–H and O–H groups in total. The molecule has 6 nitrogen and oxygen atoms in total. The summed E-state index contributed by atoms with van der Waals surface area (Å²) in [5.41, 5.74) is 1.46. The summed E-state index contributed by atoms with van der Waals surface area (Å²) in [5.74, 6) is -0.765. The summed E-state index contributed by atoms with van der Waals surface area (Å²) in [5, 5.41) is 0. The Morgan fingerprint density at radius 1 is 1.26 bits per heavy atom. The summed E-state index contributed by atoms with van der Waals surface area (Å²) in [6.07, 6.45) is 3.76. The fourth-order valence-corrected chi connectivity index (χ4v) is 2.22. The van der Waals surface area contributed by atoms with Gasteiger partial charge in [-0.15, -0.1) is 0 Å². The van der Waals surface area contributed by atoms with Crippen molar-refractivity contribution in [2.75, 3.05) is 13.7 Å². The highest BCUT2D eigenvalue weighted by molar-refractivity contribution is 5.87. The highest BCUT2D eigenvalue weighted by atomic mass is 16.5. The van der Waals surface area contributed by atoms with Gasteiger partial charge in [0.1, 0.15) is 5.69 Å². The van der Waals surface area contributed by atoms with Crippen LogP contribution in [-0.2, 0) is 14.3 Å². The molecule has 23 heavy (non-hydrogen) atoms. The van der Waals surface area contributed by atoms with Gasteiger partial charge in [0.15, 0.2) is 0 Å². The van der Waals surface area contributed by atoms with E-state index in [9.17, 15) is 9.59 Å². The van der Waals surface area contributed by atoms with E-state index in [1.54, 1.807) is 10.9 Å². The predicted molar refractivity (Wildman–Crippen MR) is 84.0 cm³/mol. The van der Waals surface area contributed by atoms with Crippen LogP contribution in [0.4, 0.5) is 0 Å². The Kier molecular flexibility index (Phi) is 5.91. The number of hydrogen-bond donors (Lipinski definition) is 0. The first kappa shape index (κ1) is 16.7. The molecular formula is C17H20N2O4. The molecule has 0 saturated heterocycles. The minimum atomic E-state index is -0.449. The van der Waals surface area contributed by atoms with Gasteiger partial charge in [0.2, 0.25) is 0 Å². The minimum absolute atomic E-state index is 0.0312. The largest absolute Gasteiger partial charge is 0.469 e. The van der Waals surface area contributed by atoms with Crippen LogP contribution in [-0.4, -0.2) is 35.2 Å². The van der Waals surface area contributed by atoms with E-state index in [1.807, 2.05) is 37.3 Å². The van der Waals surface area contributed by atoms with Gasteiger partial charge in [0.25, 0.3) is 0 Å². The topological polar surface area (TPSA) is 70.4 Å². The average Bonchev–Trinajstić information content (AvgIpc) is 3.08. The average molecular weight is 316 g/mol. The first-order valence-electron chi connectivity index (χ1n) is 7.44. The maximum absolute atomic E-state index is 12.2. The molecule has 6 heteroatoms. The molecule has 0 spiro atoms. The van der Waals surface area contributed by atoms with E-state index >= 15 is 0 Å². The Morgan fingerprint density at radius 2 is 2.00 bits per heavy atom. The zero-order valence-electron chi connectivity index (χ0n) is 13.3. The normalized spacial score (nSPS) is 11.7. The molecule has 2 rings (SSSR count). The van der Waals surface area contributed by atoms with Gasteiger partial charge in [0, 0.05) is 6.42 Å². The van der Waals surface area contributed by atoms with Gasteiger partial charge in [-0.05, 0) is 18.9 Å². The van der Waals surface area contributed by atoms with Crippen molar-refractivity contribution in [1.82, 2.24) is 9.55 Å². The van der Waals surface area contributed by atoms with Crippen LogP contribution in [0.2, 0.25) is 0 Å². The van der Waals surface area contributed by atoms with Gasteiger partial charge in [-0.25, -0.2) is 9.78 Å². The first-order valence-corrected chi connectivity index (χ1v) is 7.44. The molecule has 1 atom stereocenters. The van der Waals surface area contributed by atoms with Gasteiger partial charge in [-0.2, -0.15) is 0 Å². The monoisotopic (exact) mass is 316 g/mol. The second-order valence-electron chi connectivity index (χ2n) is 5.09. The Bertz CT molecular complexity index is 652. The summed E-state index contributed by atoms with van der Waals surface area (Å²) in [6.45, 7) is 2.16. The minimum Gasteiger partial charge on any atom is -0.469 e. The number of ether oxygens (including phenoxy) is 2. The van der Waals surface area contributed by atoms with Crippen molar-refractivity contribution in [2.24, 2.45) is 0 Å². The Labute approximate surface area is 135 Å². The van der Waals surface area contributed by atoms with Crippen LogP contribution in [0, 0.1) is 0 Å². The van der Waals surface area contributed by atoms with Gasteiger partial charge >= 0.3 is 11.9 Å². The van der Waals surface area contributed by atoms with E-state index in [0.29, 0.717) is 12.1 Å². The number of aromatic nitrogens is 2. The SMILES string of the molecule is COC(=O)CCCOC(=O)c1cncn1[C@H](C)c1ccccc1. The fraction of sp³-hybridized carbons (Fsp3) is 0.353. The van der Waals surface area contributed by atoms with Crippen LogP contribution in [0.15, 0.2) is 42.9 Å². The summed E-state index contributed by atoms with van der Waals surface area (Å²) < 4.78 is 11.5. The van der Waals surface area contributed by atoms with Crippen molar-refractivity contribution in [3.8, 4) is 0 Å². The lowest BCUT2D eigenvalue weighted by molar-refractivity contribution is -0.140. The molecule has 0 radical (unpaired) electrons. The number of nitrogens with zero attached hydrogens (tertiary/aromatic N) is 2. The summed E-state index contributed by atoms with van der Waals surface area (Å²) in [7, 11) is 1.33. The molecule has 0 fully saturated rings. The van der Waals surface area contributed by atoms with Crippen molar-refractivity contribution in [1.29, 1.82) is 0 Å². The number of methoxy groups -OCH3 is 1. The van der Waals surface area contributed by atoms with E-state index in [-0.39, 0.29) is 25.0 Å². The summed E-state index contributed by atoms with van der Waals surface area (Å²) in [6, 6.07) is 9.81. The van der Waals surface area contributed by atoms with Gasteiger partial charge in [0.05, 0.1) is 32.3 Å². The molecule has 0 amide bonds. The van der Waals surface area contributed by atoms with Gasteiger partial charge in [-0.1, -0.05) is 30.3 Å². The van der Waals surface area contributed by atoms with E-state index < -0.39 is 5.97 Å². The third-order valence-corrected chi connectivity index (χ3v) is 3.56. The predicted octanol–water partition coefficient (Wildman–Crippen LogP) is 2.60. The number of imidazole rings is 1.